The maximum Gasteiger partial charge on any atom is 0.509 e. The van der Waals surface area contributed by atoms with Gasteiger partial charge in [0.1, 0.15) is 6.10 Å². The lowest BCUT2D eigenvalue weighted by Crippen LogP contribution is -2.17. The Hall–Kier alpha value is -1.17. The van der Waals surface area contributed by atoms with Gasteiger partial charge in [0.05, 0.1) is 0 Å². The fourth-order valence-corrected chi connectivity index (χ4v) is 0.726. The van der Waals surface area contributed by atoms with Crippen molar-refractivity contribution in [2.75, 3.05) is 6.61 Å². The van der Waals surface area contributed by atoms with Crippen LogP contribution < -0.4 is 0 Å². The fourth-order valence-electron chi connectivity index (χ4n) is 0.726. The quantitative estimate of drug-likeness (QED) is 0.478. The third-order valence-corrected chi connectivity index (χ3v) is 1.45. The molecular formula is C9H14O3. The number of carbonyl (C=O) groups excluding carboxylic acids is 1. The van der Waals surface area contributed by atoms with Crippen LogP contribution in [0.5, 0.6) is 0 Å². The standard InChI is InChI=1S/C9H14O3/c1-4-7-11-9(10)12-8(5-2)6-3/h1,8H,5-7H2,2-3H3. The molecule has 0 aromatic carbocycles. The van der Waals surface area contributed by atoms with E-state index in [0.717, 1.165) is 12.8 Å². The Kier molecular flexibility index (Phi) is 5.90. The Balaban J connectivity index is 3.60. The van der Waals surface area contributed by atoms with Crippen LogP contribution in [-0.4, -0.2) is 18.9 Å². The van der Waals surface area contributed by atoms with Gasteiger partial charge in [0, 0.05) is 0 Å². The Morgan fingerprint density at radius 1 is 1.50 bits per heavy atom. The molecule has 0 bridgehead atoms. The smallest absolute Gasteiger partial charge is 0.431 e. The monoisotopic (exact) mass is 170 g/mol. The molecule has 0 N–H and O–H groups in total. The highest BCUT2D eigenvalue weighted by Gasteiger charge is 2.10. The second-order valence-electron chi connectivity index (χ2n) is 2.30. The molecule has 0 radical (unpaired) electrons. The summed E-state index contributed by atoms with van der Waals surface area (Å²) in [6.45, 7) is 3.87. The van der Waals surface area contributed by atoms with Crippen molar-refractivity contribution in [3.8, 4) is 12.3 Å². The molecule has 3 heteroatoms. The van der Waals surface area contributed by atoms with Gasteiger partial charge in [-0.1, -0.05) is 19.8 Å². The van der Waals surface area contributed by atoms with Crippen LogP contribution in [0.25, 0.3) is 0 Å². The van der Waals surface area contributed by atoms with Crippen molar-refractivity contribution >= 4 is 6.16 Å². The first-order valence-electron chi connectivity index (χ1n) is 4.01. The summed E-state index contributed by atoms with van der Waals surface area (Å²) < 4.78 is 9.42. The van der Waals surface area contributed by atoms with Crippen LogP contribution in [-0.2, 0) is 9.47 Å². The number of ether oxygens (including phenoxy) is 2. The number of terminal acetylenes is 1. The predicted molar refractivity (Wildman–Crippen MR) is 45.6 cm³/mol. The van der Waals surface area contributed by atoms with Crippen LogP contribution in [0.2, 0.25) is 0 Å². The number of carbonyl (C=O) groups is 1. The summed E-state index contributed by atoms with van der Waals surface area (Å²) >= 11 is 0. The van der Waals surface area contributed by atoms with E-state index in [9.17, 15) is 4.79 Å². The van der Waals surface area contributed by atoms with E-state index in [1.807, 2.05) is 13.8 Å². The Morgan fingerprint density at radius 2 is 2.08 bits per heavy atom. The largest absolute Gasteiger partial charge is 0.509 e. The van der Waals surface area contributed by atoms with Crippen LogP contribution in [0.15, 0.2) is 0 Å². The second-order valence-corrected chi connectivity index (χ2v) is 2.30. The number of hydrogen-bond donors (Lipinski definition) is 0. The molecule has 3 nitrogen and oxygen atoms in total. The number of rotatable bonds is 4. The van der Waals surface area contributed by atoms with Crippen LogP contribution in [0.4, 0.5) is 4.79 Å². The molecule has 68 valence electrons. The predicted octanol–water partition coefficient (Wildman–Crippen LogP) is 1.96. The second kappa shape index (κ2) is 6.53. The van der Waals surface area contributed by atoms with Gasteiger partial charge >= 0.3 is 6.16 Å². The van der Waals surface area contributed by atoms with Crippen LogP contribution in [0.1, 0.15) is 26.7 Å². The first kappa shape index (κ1) is 10.8. The topological polar surface area (TPSA) is 35.5 Å². The average Bonchev–Trinajstić information content (AvgIpc) is 2.10. The van der Waals surface area contributed by atoms with E-state index >= 15 is 0 Å². The maximum atomic E-state index is 10.8. The number of hydrogen-bond acceptors (Lipinski definition) is 3. The summed E-state index contributed by atoms with van der Waals surface area (Å²) in [6.07, 6.45) is 5.74. The third-order valence-electron chi connectivity index (χ3n) is 1.45. The van der Waals surface area contributed by atoms with Gasteiger partial charge in [-0.2, -0.15) is 0 Å². The van der Waals surface area contributed by atoms with Gasteiger partial charge in [0.15, 0.2) is 6.61 Å². The molecular weight excluding hydrogens is 156 g/mol. The van der Waals surface area contributed by atoms with Gasteiger partial charge in [-0.3, -0.25) is 0 Å². The summed E-state index contributed by atoms with van der Waals surface area (Å²) in [5.74, 6) is 2.18. The lowest BCUT2D eigenvalue weighted by Gasteiger charge is -2.12. The molecule has 0 rings (SSSR count). The van der Waals surface area contributed by atoms with Crippen molar-refractivity contribution in [2.24, 2.45) is 0 Å². The molecule has 0 heterocycles. The third kappa shape index (κ3) is 4.62. The molecule has 12 heavy (non-hydrogen) atoms. The van der Waals surface area contributed by atoms with Crippen molar-refractivity contribution < 1.29 is 14.3 Å². The molecule has 0 atom stereocenters. The highest BCUT2D eigenvalue weighted by molar-refractivity contribution is 5.60. The van der Waals surface area contributed by atoms with Gasteiger partial charge in [-0.25, -0.2) is 4.79 Å². The van der Waals surface area contributed by atoms with Crippen LogP contribution >= 0.6 is 0 Å². The minimum absolute atomic E-state index is 0.0288. The minimum Gasteiger partial charge on any atom is -0.431 e. The Morgan fingerprint density at radius 3 is 2.50 bits per heavy atom. The first-order valence-corrected chi connectivity index (χ1v) is 4.01. The molecule has 0 fully saturated rings. The Labute approximate surface area is 73.0 Å². The van der Waals surface area contributed by atoms with E-state index in [-0.39, 0.29) is 12.7 Å². The molecule has 0 amide bonds. The molecule has 0 unspecified atom stereocenters. The summed E-state index contributed by atoms with van der Waals surface area (Å²) in [4.78, 5) is 10.8. The normalized spacial score (nSPS) is 9.17. The molecule has 0 aliphatic carbocycles. The van der Waals surface area contributed by atoms with Crippen molar-refractivity contribution in [3.63, 3.8) is 0 Å². The maximum absolute atomic E-state index is 10.8. The summed E-state index contributed by atoms with van der Waals surface area (Å²) in [7, 11) is 0. The highest BCUT2D eigenvalue weighted by atomic mass is 16.7. The SMILES string of the molecule is C#CCOC(=O)OC(CC)CC. The van der Waals surface area contributed by atoms with E-state index < -0.39 is 6.16 Å². The van der Waals surface area contributed by atoms with Gasteiger partial charge in [-0.15, -0.1) is 6.42 Å². The molecule has 0 aromatic heterocycles. The van der Waals surface area contributed by atoms with E-state index in [2.05, 4.69) is 10.7 Å². The van der Waals surface area contributed by atoms with Crippen molar-refractivity contribution in [2.45, 2.75) is 32.8 Å². The molecule has 0 aromatic rings. The van der Waals surface area contributed by atoms with Gasteiger partial charge in [-0.05, 0) is 12.8 Å². The van der Waals surface area contributed by atoms with Gasteiger partial charge in [0.25, 0.3) is 0 Å². The van der Waals surface area contributed by atoms with E-state index in [1.165, 1.54) is 0 Å². The molecule has 0 aliphatic rings. The van der Waals surface area contributed by atoms with Gasteiger partial charge < -0.3 is 9.47 Å². The van der Waals surface area contributed by atoms with E-state index in [4.69, 9.17) is 11.2 Å². The van der Waals surface area contributed by atoms with Crippen molar-refractivity contribution in [3.05, 3.63) is 0 Å². The first-order chi connectivity index (χ1) is 5.74. The lowest BCUT2D eigenvalue weighted by molar-refractivity contribution is 0.0280. The minimum atomic E-state index is -0.679. The van der Waals surface area contributed by atoms with Crippen molar-refractivity contribution in [1.29, 1.82) is 0 Å². The lowest BCUT2D eigenvalue weighted by atomic mass is 10.2. The summed E-state index contributed by atoms with van der Waals surface area (Å²) in [6, 6.07) is 0. The zero-order valence-electron chi connectivity index (χ0n) is 7.50. The zero-order chi connectivity index (χ0) is 9.40. The highest BCUT2D eigenvalue weighted by Crippen LogP contribution is 2.03. The molecule has 0 saturated heterocycles. The molecule has 0 spiro atoms. The average molecular weight is 170 g/mol. The molecule has 0 aliphatic heterocycles. The Bertz CT molecular complexity index is 165. The molecule has 0 saturated carbocycles. The summed E-state index contributed by atoms with van der Waals surface area (Å²) in [5.41, 5.74) is 0. The summed E-state index contributed by atoms with van der Waals surface area (Å²) in [5, 5.41) is 0. The zero-order valence-corrected chi connectivity index (χ0v) is 7.50. The fraction of sp³-hybridized carbons (Fsp3) is 0.667. The van der Waals surface area contributed by atoms with E-state index in [1.54, 1.807) is 0 Å². The van der Waals surface area contributed by atoms with E-state index in [0.29, 0.717) is 0 Å². The van der Waals surface area contributed by atoms with Crippen molar-refractivity contribution in [1.82, 2.24) is 0 Å². The van der Waals surface area contributed by atoms with Crippen LogP contribution in [0, 0.1) is 12.3 Å². The van der Waals surface area contributed by atoms with Gasteiger partial charge in [0.2, 0.25) is 0 Å². The van der Waals surface area contributed by atoms with Crippen LogP contribution in [0.3, 0.4) is 0 Å².